The van der Waals surface area contributed by atoms with Crippen LogP contribution in [0.15, 0.2) is 35.4 Å². The Bertz CT molecular complexity index is 662. The number of nitrogens with zero attached hydrogens (tertiary/aromatic N) is 1. The summed E-state index contributed by atoms with van der Waals surface area (Å²) in [6, 6.07) is 4.70. The number of aliphatic hydroxyl groups is 1. The smallest absolute Gasteiger partial charge is 0.335 e. The van der Waals surface area contributed by atoms with Crippen LogP contribution in [0, 0.1) is 22.0 Å². The quantitative estimate of drug-likeness (QED) is 0.372. The van der Waals surface area contributed by atoms with E-state index >= 15 is 0 Å². The van der Waals surface area contributed by atoms with Gasteiger partial charge in [-0.25, -0.2) is 4.79 Å². The van der Waals surface area contributed by atoms with Crippen LogP contribution in [-0.4, -0.2) is 27.2 Å². The van der Waals surface area contributed by atoms with Crippen LogP contribution in [0.1, 0.15) is 56.3 Å². The van der Waals surface area contributed by atoms with Gasteiger partial charge in [0.2, 0.25) is 0 Å². The van der Waals surface area contributed by atoms with Gasteiger partial charge in [0, 0.05) is 18.6 Å². The molecular formula is C19H23NO5. The molecule has 0 saturated heterocycles. The lowest BCUT2D eigenvalue weighted by molar-refractivity contribution is -0.384. The predicted octanol–water partition coefficient (Wildman–Crippen LogP) is 3.94. The minimum atomic E-state index is -1.09. The van der Waals surface area contributed by atoms with Gasteiger partial charge in [-0.2, -0.15) is 0 Å². The van der Waals surface area contributed by atoms with E-state index < -0.39 is 10.9 Å². The third-order valence-electron chi connectivity index (χ3n) is 4.00. The molecule has 2 N–H and O–H groups in total. The number of benzene rings is 1. The number of aromatic carboxylic acids is 1. The van der Waals surface area contributed by atoms with Gasteiger partial charge in [0.15, 0.2) is 0 Å². The van der Waals surface area contributed by atoms with E-state index in [0.29, 0.717) is 0 Å². The van der Waals surface area contributed by atoms with E-state index in [-0.39, 0.29) is 17.4 Å². The number of hydrogen-bond acceptors (Lipinski definition) is 4. The van der Waals surface area contributed by atoms with Crippen LogP contribution in [0.4, 0.5) is 5.69 Å². The number of carboxylic acid groups (broad SMARTS) is 1. The molecule has 0 saturated carbocycles. The first-order valence-electron chi connectivity index (χ1n) is 8.10. The summed E-state index contributed by atoms with van der Waals surface area (Å²) in [4.78, 5) is 19.9. The maximum absolute atomic E-state index is 10.3. The number of carboxylic acids is 1. The minimum Gasteiger partial charge on any atom is -0.478 e. The third kappa shape index (κ3) is 6.77. The van der Waals surface area contributed by atoms with Crippen molar-refractivity contribution < 1.29 is 19.9 Å². The molecule has 1 aromatic carbocycles. The number of nitro benzene ring substituents is 1. The topological polar surface area (TPSA) is 101 Å². The highest BCUT2D eigenvalue weighted by molar-refractivity contribution is 5.87. The highest BCUT2D eigenvalue weighted by Gasteiger charge is 2.17. The van der Waals surface area contributed by atoms with Gasteiger partial charge in [-0.05, 0) is 57.2 Å². The Morgan fingerprint density at radius 3 is 2.48 bits per heavy atom. The highest BCUT2D eigenvalue weighted by Crippen LogP contribution is 2.27. The summed E-state index contributed by atoms with van der Waals surface area (Å²) in [6.45, 7) is 4.00. The van der Waals surface area contributed by atoms with Gasteiger partial charge in [0.1, 0.15) is 0 Å². The zero-order chi connectivity index (χ0) is 18.8. The van der Waals surface area contributed by atoms with Crippen molar-refractivity contribution in [2.45, 2.75) is 52.1 Å². The van der Waals surface area contributed by atoms with Crippen LogP contribution in [0.3, 0.4) is 0 Å². The fourth-order valence-electron chi connectivity index (χ4n) is 2.61. The van der Waals surface area contributed by atoms with Crippen LogP contribution >= 0.6 is 0 Å². The third-order valence-corrected chi connectivity index (χ3v) is 4.00. The lowest BCUT2D eigenvalue weighted by Crippen LogP contribution is -2.16. The molecule has 0 fully saturated rings. The summed E-state index contributed by atoms with van der Waals surface area (Å²) in [7, 11) is 0. The summed E-state index contributed by atoms with van der Waals surface area (Å²) >= 11 is 0. The Hall–Kier alpha value is -2.65. The SMILES string of the molecule is CC#CCCC1=C(C)CCCC1O.O=C(O)c1ccc([N+](=O)[O-])cc1. The summed E-state index contributed by atoms with van der Waals surface area (Å²) in [5, 5.41) is 28.3. The van der Waals surface area contributed by atoms with Gasteiger partial charge in [0.25, 0.3) is 5.69 Å². The second kappa shape index (κ2) is 10.3. The fourth-order valence-corrected chi connectivity index (χ4v) is 2.61. The van der Waals surface area contributed by atoms with E-state index in [1.165, 1.54) is 23.3 Å². The van der Waals surface area contributed by atoms with E-state index in [0.717, 1.165) is 44.2 Å². The summed E-state index contributed by atoms with van der Waals surface area (Å²) in [5.74, 6) is 4.83. The minimum absolute atomic E-state index is 0.0422. The summed E-state index contributed by atoms with van der Waals surface area (Å²) < 4.78 is 0. The van der Waals surface area contributed by atoms with E-state index in [2.05, 4.69) is 18.8 Å². The van der Waals surface area contributed by atoms with Crippen molar-refractivity contribution in [2.24, 2.45) is 0 Å². The van der Waals surface area contributed by atoms with Crippen molar-refractivity contribution in [3.05, 3.63) is 51.1 Å². The second-order valence-corrected chi connectivity index (χ2v) is 5.75. The van der Waals surface area contributed by atoms with E-state index in [1.54, 1.807) is 0 Å². The molecular weight excluding hydrogens is 322 g/mol. The highest BCUT2D eigenvalue weighted by atomic mass is 16.6. The lowest BCUT2D eigenvalue weighted by Gasteiger charge is -2.22. The van der Waals surface area contributed by atoms with Crippen molar-refractivity contribution in [3.8, 4) is 11.8 Å². The molecule has 25 heavy (non-hydrogen) atoms. The molecule has 0 aliphatic heterocycles. The number of non-ortho nitro benzene ring substituents is 1. The van der Waals surface area contributed by atoms with Crippen molar-refractivity contribution in [3.63, 3.8) is 0 Å². The van der Waals surface area contributed by atoms with Crippen molar-refractivity contribution >= 4 is 11.7 Å². The van der Waals surface area contributed by atoms with E-state index in [9.17, 15) is 20.0 Å². The van der Waals surface area contributed by atoms with Gasteiger partial charge in [-0.15, -0.1) is 11.8 Å². The molecule has 0 aromatic heterocycles. The largest absolute Gasteiger partial charge is 0.478 e. The number of carbonyl (C=O) groups is 1. The van der Waals surface area contributed by atoms with Gasteiger partial charge in [0.05, 0.1) is 16.6 Å². The summed E-state index contributed by atoms with van der Waals surface area (Å²) in [6.07, 6.45) is 4.88. The molecule has 1 unspecified atom stereocenters. The molecule has 134 valence electrons. The first-order chi connectivity index (χ1) is 11.9. The van der Waals surface area contributed by atoms with Crippen molar-refractivity contribution in [2.75, 3.05) is 0 Å². The normalized spacial score (nSPS) is 16.2. The first kappa shape index (κ1) is 20.4. The Labute approximate surface area is 147 Å². The van der Waals surface area contributed by atoms with Crippen LogP contribution in [0.2, 0.25) is 0 Å². The number of allylic oxidation sites excluding steroid dienone is 1. The molecule has 0 radical (unpaired) electrons. The van der Waals surface area contributed by atoms with Gasteiger partial charge < -0.3 is 10.2 Å². The molecule has 0 bridgehead atoms. The standard InChI is InChI=1S/C12H18O.C7H5NO4/c1-3-4-5-8-11-10(2)7-6-9-12(11)13;9-7(10)5-1-3-6(4-2-5)8(11)12/h12-13H,5-9H2,1-2H3;1-4H,(H,9,10). The average molecular weight is 345 g/mol. The van der Waals surface area contributed by atoms with Crippen LogP contribution in [0.5, 0.6) is 0 Å². The Morgan fingerprint density at radius 1 is 1.36 bits per heavy atom. The lowest BCUT2D eigenvalue weighted by atomic mass is 9.88. The molecule has 6 nitrogen and oxygen atoms in total. The van der Waals surface area contributed by atoms with Crippen molar-refractivity contribution in [1.82, 2.24) is 0 Å². The molecule has 1 atom stereocenters. The molecule has 2 rings (SSSR count). The van der Waals surface area contributed by atoms with E-state index in [1.807, 2.05) is 6.92 Å². The number of rotatable bonds is 4. The molecule has 0 heterocycles. The Kier molecular flexibility index (Phi) is 8.37. The maximum Gasteiger partial charge on any atom is 0.335 e. The molecule has 1 aliphatic rings. The monoisotopic (exact) mass is 345 g/mol. The van der Waals surface area contributed by atoms with E-state index in [4.69, 9.17) is 5.11 Å². The zero-order valence-corrected chi connectivity index (χ0v) is 14.5. The van der Waals surface area contributed by atoms with Gasteiger partial charge in [-0.3, -0.25) is 10.1 Å². The predicted molar refractivity (Wildman–Crippen MR) is 95.3 cm³/mol. The molecule has 6 heteroatoms. The zero-order valence-electron chi connectivity index (χ0n) is 14.5. The number of nitro groups is 1. The average Bonchev–Trinajstić information content (AvgIpc) is 2.58. The Morgan fingerprint density at radius 2 is 2.00 bits per heavy atom. The Balaban J connectivity index is 0.000000251. The molecule has 0 spiro atoms. The first-order valence-corrected chi connectivity index (χ1v) is 8.10. The summed E-state index contributed by atoms with van der Waals surface area (Å²) in [5.41, 5.74) is 2.56. The van der Waals surface area contributed by atoms with Crippen LogP contribution in [-0.2, 0) is 0 Å². The van der Waals surface area contributed by atoms with Crippen molar-refractivity contribution in [1.29, 1.82) is 0 Å². The fraction of sp³-hybridized carbons (Fsp3) is 0.421. The number of hydrogen-bond donors (Lipinski definition) is 2. The maximum atomic E-state index is 10.3. The molecule has 0 amide bonds. The van der Waals surface area contributed by atoms with Crippen LogP contribution in [0.25, 0.3) is 0 Å². The van der Waals surface area contributed by atoms with Gasteiger partial charge >= 0.3 is 5.97 Å². The number of aliphatic hydroxyl groups excluding tert-OH is 1. The van der Waals surface area contributed by atoms with Gasteiger partial charge in [-0.1, -0.05) is 5.57 Å². The second-order valence-electron chi connectivity index (χ2n) is 5.75. The molecule has 1 aromatic rings. The van der Waals surface area contributed by atoms with Crippen LogP contribution < -0.4 is 0 Å². The molecule has 1 aliphatic carbocycles.